The molecule has 0 bridgehead atoms. The number of nitrogens with zero attached hydrogens (tertiary/aromatic N) is 2. The van der Waals surface area contributed by atoms with Crippen LogP contribution in [0.25, 0.3) is 0 Å². The van der Waals surface area contributed by atoms with Gasteiger partial charge in [0, 0.05) is 26.3 Å². The van der Waals surface area contributed by atoms with Crippen LogP contribution in [0.1, 0.15) is 32.6 Å². The van der Waals surface area contributed by atoms with Gasteiger partial charge in [-0.25, -0.2) is 0 Å². The van der Waals surface area contributed by atoms with E-state index in [1.165, 1.54) is 0 Å². The number of hydrogen-bond acceptors (Lipinski definition) is 4. The van der Waals surface area contributed by atoms with Gasteiger partial charge in [0.1, 0.15) is 5.41 Å². The second-order valence-corrected chi connectivity index (χ2v) is 5.63. The fourth-order valence-electron chi connectivity index (χ4n) is 2.79. The zero-order valence-corrected chi connectivity index (χ0v) is 10.8. The van der Waals surface area contributed by atoms with E-state index < -0.39 is 11.0 Å². The van der Waals surface area contributed by atoms with Crippen LogP contribution in [0.15, 0.2) is 0 Å². The van der Waals surface area contributed by atoms with Gasteiger partial charge in [-0.05, 0) is 32.6 Å². The number of piperidine rings is 1. The second-order valence-electron chi connectivity index (χ2n) is 5.63. The molecule has 2 fully saturated rings. The van der Waals surface area contributed by atoms with Crippen molar-refractivity contribution in [2.75, 3.05) is 26.3 Å². The van der Waals surface area contributed by atoms with E-state index in [1.807, 2.05) is 0 Å². The molecule has 1 unspecified atom stereocenters. The lowest BCUT2D eigenvalue weighted by Crippen LogP contribution is -2.54. The molecule has 5 nitrogen and oxygen atoms in total. The van der Waals surface area contributed by atoms with Crippen LogP contribution < -0.4 is 0 Å². The molecule has 2 heterocycles. The van der Waals surface area contributed by atoms with Crippen molar-refractivity contribution >= 4 is 5.91 Å². The quantitative estimate of drug-likeness (QED) is 0.744. The zero-order chi connectivity index (χ0) is 13.2. The number of aliphatic hydroxyl groups is 1. The Morgan fingerprint density at radius 2 is 2.06 bits per heavy atom. The molecule has 2 aliphatic rings. The van der Waals surface area contributed by atoms with E-state index in [9.17, 15) is 15.2 Å². The van der Waals surface area contributed by atoms with Crippen LogP contribution in [0.3, 0.4) is 0 Å². The maximum absolute atomic E-state index is 12.5. The highest BCUT2D eigenvalue weighted by Gasteiger charge is 2.45. The van der Waals surface area contributed by atoms with E-state index in [0.29, 0.717) is 45.6 Å². The second kappa shape index (κ2) is 4.87. The third kappa shape index (κ3) is 2.50. The number of rotatable bonds is 1. The molecule has 0 saturated carbocycles. The number of amides is 1. The number of β-amino-alcohol motifs (C(OH)–C–C–N with tert-alkyl or cyclic N) is 1. The van der Waals surface area contributed by atoms with Crippen molar-refractivity contribution in [1.82, 2.24) is 4.90 Å². The Morgan fingerprint density at radius 1 is 1.39 bits per heavy atom. The SMILES string of the molecule is CC1(O)CCCN(C(=O)C2(C#N)CCOCC2)C1. The molecule has 2 saturated heterocycles. The lowest BCUT2D eigenvalue weighted by atomic mass is 9.79. The summed E-state index contributed by atoms with van der Waals surface area (Å²) in [5.74, 6) is -0.131. The average molecular weight is 252 g/mol. The third-order valence-electron chi connectivity index (χ3n) is 3.93. The topological polar surface area (TPSA) is 73.6 Å². The van der Waals surface area contributed by atoms with Crippen molar-refractivity contribution in [2.45, 2.75) is 38.2 Å². The monoisotopic (exact) mass is 252 g/mol. The van der Waals surface area contributed by atoms with Crippen molar-refractivity contribution in [2.24, 2.45) is 5.41 Å². The molecular weight excluding hydrogens is 232 g/mol. The van der Waals surface area contributed by atoms with Crippen molar-refractivity contribution < 1.29 is 14.6 Å². The zero-order valence-electron chi connectivity index (χ0n) is 10.8. The van der Waals surface area contributed by atoms with Gasteiger partial charge in [-0.15, -0.1) is 0 Å². The van der Waals surface area contributed by atoms with Gasteiger partial charge in [-0.3, -0.25) is 4.79 Å². The van der Waals surface area contributed by atoms with E-state index in [4.69, 9.17) is 4.74 Å². The Labute approximate surface area is 107 Å². The molecule has 2 aliphatic heterocycles. The molecule has 0 aromatic heterocycles. The Balaban J connectivity index is 2.12. The molecule has 0 spiro atoms. The highest BCUT2D eigenvalue weighted by atomic mass is 16.5. The number of hydrogen-bond donors (Lipinski definition) is 1. The van der Waals surface area contributed by atoms with Gasteiger partial charge < -0.3 is 14.7 Å². The molecule has 5 heteroatoms. The average Bonchev–Trinajstić information content (AvgIpc) is 2.37. The van der Waals surface area contributed by atoms with Gasteiger partial charge in [-0.1, -0.05) is 0 Å². The van der Waals surface area contributed by atoms with Crippen LogP contribution >= 0.6 is 0 Å². The standard InChI is InChI=1S/C13H20N2O3/c1-12(17)3-2-6-15(10-12)11(16)13(9-14)4-7-18-8-5-13/h17H,2-8,10H2,1H3. The van der Waals surface area contributed by atoms with Gasteiger partial charge >= 0.3 is 0 Å². The lowest BCUT2D eigenvalue weighted by molar-refractivity contribution is -0.149. The first-order valence-corrected chi connectivity index (χ1v) is 6.50. The van der Waals surface area contributed by atoms with Crippen LogP contribution in [0.4, 0.5) is 0 Å². The first-order valence-electron chi connectivity index (χ1n) is 6.50. The summed E-state index contributed by atoms with van der Waals surface area (Å²) in [6.45, 7) is 3.64. The molecule has 0 aliphatic carbocycles. The predicted molar refractivity (Wildman–Crippen MR) is 64.5 cm³/mol. The molecule has 100 valence electrons. The summed E-state index contributed by atoms with van der Waals surface area (Å²) < 4.78 is 5.23. The van der Waals surface area contributed by atoms with E-state index in [-0.39, 0.29) is 5.91 Å². The molecule has 18 heavy (non-hydrogen) atoms. The Hall–Kier alpha value is -1.12. The fraction of sp³-hybridized carbons (Fsp3) is 0.846. The molecule has 1 atom stereocenters. The summed E-state index contributed by atoms with van der Waals surface area (Å²) in [5, 5.41) is 19.4. The predicted octanol–water partition coefficient (Wildman–Crippen LogP) is 0.680. The van der Waals surface area contributed by atoms with E-state index in [0.717, 1.165) is 6.42 Å². The highest BCUT2D eigenvalue weighted by Crippen LogP contribution is 2.34. The molecule has 2 rings (SSSR count). The van der Waals surface area contributed by atoms with Gasteiger partial charge in [0.15, 0.2) is 0 Å². The third-order valence-corrected chi connectivity index (χ3v) is 3.93. The van der Waals surface area contributed by atoms with E-state index in [2.05, 4.69) is 6.07 Å². The number of likely N-dealkylation sites (tertiary alicyclic amines) is 1. The summed E-state index contributed by atoms with van der Waals surface area (Å²) in [6, 6.07) is 2.19. The maximum atomic E-state index is 12.5. The van der Waals surface area contributed by atoms with Crippen molar-refractivity contribution in [1.29, 1.82) is 5.26 Å². The minimum atomic E-state index is -0.939. The Bertz CT molecular complexity index is 367. The minimum Gasteiger partial charge on any atom is -0.388 e. The van der Waals surface area contributed by atoms with Crippen LogP contribution in [-0.4, -0.2) is 47.8 Å². The number of carbonyl (C=O) groups excluding carboxylic acids is 1. The smallest absolute Gasteiger partial charge is 0.243 e. The number of carbonyl (C=O) groups is 1. The normalized spacial score (nSPS) is 31.7. The van der Waals surface area contributed by atoms with Crippen molar-refractivity contribution in [3.8, 4) is 6.07 Å². The number of nitriles is 1. The van der Waals surface area contributed by atoms with Gasteiger partial charge in [0.2, 0.25) is 5.91 Å². The van der Waals surface area contributed by atoms with Crippen LogP contribution in [0, 0.1) is 16.7 Å². The molecular formula is C13H20N2O3. The Kier molecular flexibility index (Phi) is 3.60. The maximum Gasteiger partial charge on any atom is 0.243 e. The van der Waals surface area contributed by atoms with Gasteiger partial charge in [0.25, 0.3) is 0 Å². The molecule has 0 radical (unpaired) electrons. The summed E-state index contributed by atoms with van der Waals surface area (Å²) in [5.41, 5.74) is -1.76. The van der Waals surface area contributed by atoms with Crippen LogP contribution in [-0.2, 0) is 9.53 Å². The largest absolute Gasteiger partial charge is 0.388 e. The fourth-order valence-corrected chi connectivity index (χ4v) is 2.79. The minimum absolute atomic E-state index is 0.131. The summed E-state index contributed by atoms with van der Waals surface area (Å²) in [6.07, 6.45) is 2.41. The van der Waals surface area contributed by atoms with E-state index in [1.54, 1.807) is 11.8 Å². The first kappa shape index (κ1) is 13.3. The van der Waals surface area contributed by atoms with Crippen molar-refractivity contribution in [3.63, 3.8) is 0 Å². The molecule has 0 aromatic rings. The molecule has 1 amide bonds. The van der Waals surface area contributed by atoms with Gasteiger partial charge in [-0.2, -0.15) is 5.26 Å². The van der Waals surface area contributed by atoms with E-state index >= 15 is 0 Å². The van der Waals surface area contributed by atoms with Crippen LogP contribution in [0.2, 0.25) is 0 Å². The van der Waals surface area contributed by atoms with Crippen LogP contribution in [0.5, 0.6) is 0 Å². The summed E-state index contributed by atoms with van der Waals surface area (Å²) >= 11 is 0. The summed E-state index contributed by atoms with van der Waals surface area (Å²) in [4.78, 5) is 14.2. The van der Waals surface area contributed by atoms with Gasteiger partial charge in [0.05, 0.1) is 11.7 Å². The Morgan fingerprint density at radius 3 is 2.61 bits per heavy atom. The summed E-state index contributed by atoms with van der Waals surface area (Å²) in [7, 11) is 0. The highest BCUT2D eigenvalue weighted by molar-refractivity contribution is 5.85. The molecule has 0 aromatic carbocycles. The number of ether oxygens (including phenoxy) is 1. The van der Waals surface area contributed by atoms with Crippen molar-refractivity contribution in [3.05, 3.63) is 0 Å². The molecule has 1 N–H and O–H groups in total. The lowest BCUT2D eigenvalue weighted by Gasteiger charge is -2.41. The first-order chi connectivity index (χ1) is 8.49.